The first-order valence-corrected chi connectivity index (χ1v) is 16.3. The number of hydrogen-bond acceptors (Lipinski definition) is 18. The van der Waals surface area contributed by atoms with Crippen molar-refractivity contribution in [2.75, 3.05) is 17.2 Å². The molecule has 5 rings (SSSR count). The summed E-state index contributed by atoms with van der Waals surface area (Å²) in [6.07, 6.45) is 0.965. The van der Waals surface area contributed by atoms with Crippen LogP contribution in [0.2, 0.25) is 0 Å². The van der Waals surface area contributed by atoms with Gasteiger partial charge in [0.15, 0.2) is 21.6 Å². The zero-order valence-electron chi connectivity index (χ0n) is 24.9. The molecule has 3 aromatic rings. The van der Waals surface area contributed by atoms with Crippen LogP contribution in [0.1, 0.15) is 34.9 Å². The summed E-state index contributed by atoms with van der Waals surface area (Å²) >= 11 is 3.91. The number of anilines is 1. The predicted molar refractivity (Wildman–Crippen MR) is 167 cm³/mol. The van der Waals surface area contributed by atoms with E-state index in [1.165, 1.54) is 47.0 Å². The van der Waals surface area contributed by atoms with Crippen molar-refractivity contribution < 1.29 is 52.6 Å². The van der Waals surface area contributed by atoms with Gasteiger partial charge in [0.2, 0.25) is 0 Å². The number of amides is 2. The number of β-lactam (4-membered cyclic amide) rings is 1. The van der Waals surface area contributed by atoms with Crippen LogP contribution in [0.25, 0.3) is 0 Å². The highest BCUT2D eigenvalue weighted by Crippen LogP contribution is 2.42. The number of carbonyl (C=O) groups excluding carboxylic acids is 5. The summed E-state index contributed by atoms with van der Waals surface area (Å²) in [6, 6.07) is 1.92. The molecule has 21 heteroatoms. The van der Waals surface area contributed by atoms with Gasteiger partial charge in [-0.15, -0.1) is 22.0 Å². The molecule has 0 aliphatic carbocycles. The van der Waals surface area contributed by atoms with Crippen molar-refractivity contribution in [3.8, 4) is 11.5 Å². The van der Waals surface area contributed by atoms with Crippen molar-refractivity contribution in [1.82, 2.24) is 25.4 Å². The Morgan fingerprint density at radius 2 is 1.90 bits per heavy atom. The maximum absolute atomic E-state index is 13.4. The second-order valence-electron chi connectivity index (χ2n) is 9.73. The average Bonchev–Trinajstić information content (AvgIpc) is 3.65. The molecule has 0 saturated carbocycles. The molecule has 0 spiro atoms. The number of nitrogen functional groups attached to an aromatic ring is 1. The monoisotopic (exact) mass is 717 g/mol. The Labute approximate surface area is 282 Å². The zero-order valence-corrected chi connectivity index (χ0v) is 27.4. The number of nitrogens with one attached hydrogen (secondary N) is 1. The Morgan fingerprint density at radius 3 is 2.52 bits per heavy atom. The minimum Gasteiger partial charge on any atom is -0.477 e. The summed E-state index contributed by atoms with van der Waals surface area (Å²) in [5, 5.41) is 24.0. The second-order valence-corrected chi connectivity index (χ2v) is 13.2. The van der Waals surface area contributed by atoms with Gasteiger partial charge in [0.25, 0.3) is 17.8 Å². The quantitative estimate of drug-likeness (QED) is 0.0481. The lowest BCUT2D eigenvalue weighted by molar-refractivity contribution is -0.150. The Kier molecular flexibility index (Phi) is 10.1. The number of esters is 2. The molecule has 4 N–H and O–H groups in total. The number of aliphatic carboxylic acids is 1. The van der Waals surface area contributed by atoms with Crippen LogP contribution in [-0.4, -0.2) is 89.5 Å². The van der Waals surface area contributed by atoms with E-state index in [1.807, 2.05) is 0 Å². The molecule has 1 aromatic carbocycles. The first kappa shape index (κ1) is 34.1. The molecule has 2 aromatic heterocycles. The fourth-order valence-electron chi connectivity index (χ4n) is 4.34. The number of aromatic nitrogens is 3. The first-order chi connectivity index (χ1) is 22.8. The summed E-state index contributed by atoms with van der Waals surface area (Å²) in [4.78, 5) is 84.5. The molecule has 1 saturated heterocycles. The van der Waals surface area contributed by atoms with E-state index < -0.39 is 52.8 Å². The van der Waals surface area contributed by atoms with Gasteiger partial charge in [-0.3, -0.25) is 24.1 Å². The molecule has 4 heterocycles. The van der Waals surface area contributed by atoms with Crippen molar-refractivity contribution in [2.24, 2.45) is 5.16 Å². The molecule has 250 valence electrons. The summed E-state index contributed by atoms with van der Waals surface area (Å²) in [5.74, 6) is -5.48. The molecule has 0 unspecified atom stereocenters. The fourth-order valence-corrected chi connectivity index (χ4v) is 7.64. The summed E-state index contributed by atoms with van der Waals surface area (Å²) in [7, 11) is 0. The third-order valence-electron chi connectivity index (χ3n) is 6.30. The number of oxazole rings is 1. The van der Waals surface area contributed by atoms with E-state index in [2.05, 4.69) is 25.7 Å². The van der Waals surface area contributed by atoms with Crippen LogP contribution in [0.3, 0.4) is 0 Å². The van der Waals surface area contributed by atoms with Crippen molar-refractivity contribution in [1.29, 1.82) is 0 Å². The number of rotatable bonds is 11. The fraction of sp³-hybridized carbons (Fsp3) is 0.259. The molecular weight excluding hydrogens is 695 g/mol. The van der Waals surface area contributed by atoms with Gasteiger partial charge in [-0.2, -0.15) is 4.98 Å². The van der Waals surface area contributed by atoms with Gasteiger partial charge >= 0.3 is 23.9 Å². The maximum Gasteiger partial charge on any atom is 0.365 e. The van der Waals surface area contributed by atoms with Crippen LogP contribution in [0.5, 0.6) is 11.5 Å². The molecular formula is C27H23N7O11S3. The third kappa shape index (κ3) is 7.47. The molecule has 0 bridgehead atoms. The highest BCUT2D eigenvalue weighted by atomic mass is 32.2. The van der Waals surface area contributed by atoms with Gasteiger partial charge < -0.3 is 34.9 Å². The number of carboxylic acid groups (broad SMARTS) is 1. The molecule has 2 amide bonds. The van der Waals surface area contributed by atoms with E-state index in [0.717, 1.165) is 36.1 Å². The van der Waals surface area contributed by atoms with Crippen LogP contribution in [0.15, 0.2) is 49.6 Å². The average molecular weight is 718 g/mol. The van der Waals surface area contributed by atoms with E-state index in [4.69, 9.17) is 24.5 Å². The Morgan fingerprint density at radius 1 is 1.17 bits per heavy atom. The number of nitrogens with zero attached hydrogens (tertiary/aromatic N) is 5. The molecule has 2 atom stereocenters. The summed E-state index contributed by atoms with van der Waals surface area (Å²) in [6.45, 7) is 4.02. The van der Waals surface area contributed by atoms with Gasteiger partial charge in [0.05, 0.1) is 5.56 Å². The van der Waals surface area contributed by atoms with Crippen molar-refractivity contribution in [3.63, 3.8) is 0 Å². The Balaban J connectivity index is 1.33. The number of nitrogens with two attached hydrogens (primary N) is 1. The van der Waals surface area contributed by atoms with Crippen LogP contribution in [0, 0.1) is 6.92 Å². The van der Waals surface area contributed by atoms with Crippen LogP contribution in [0.4, 0.5) is 6.01 Å². The minimum absolute atomic E-state index is 0.144. The molecule has 48 heavy (non-hydrogen) atoms. The number of hydrogen-bond donors (Lipinski definition) is 3. The van der Waals surface area contributed by atoms with Crippen molar-refractivity contribution in [3.05, 3.63) is 52.0 Å². The van der Waals surface area contributed by atoms with E-state index >= 15 is 0 Å². The third-order valence-corrected chi connectivity index (χ3v) is 9.70. The standard InChI is InChI=1S/C27H23N7O11S3/c1-10-31-32-27(48-10)47-9-14-8-46-23-19(22(38)34(23)20(14)24(39)40)30-21(37)18(15-7-42-26(28)29-15)33-45-25(41)13-4-5-16(43-11(2)35)17(6-13)44-12(3)36/h4-7,19,23H,8-9H2,1-3H3,(H2,28,29)(H,30,37)(H,39,40)/t19-,23+/m1/s1. The summed E-state index contributed by atoms with van der Waals surface area (Å²) in [5.41, 5.74) is 4.81. The van der Waals surface area contributed by atoms with Gasteiger partial charge in [-0.1, -0.05) is 28.3 Å². The second kappa shape index (κ2) is 14.2. The number of carbonyl (C=O) groups is 6. The van der Waals surface area contributed by atoms with E-state index in [9.17, 15) is 33.9 Å². The van der Waals surface area contributed by atoms with Crippen LogP contribution in [-0.2, 0) is 28.8 Å². The largest absolute Gasteiger partial charge is 0.477 e. The predicted octanol–water partition coefficient (Wildman–Crippen LogP) is 1.36. The SMILES string of the molecule is CC(=O)Oc1ccc(C(=O)ON=C(C(=O)N[C@@H]2C(=O)N3C(C(=O)O)=C(CSc4nnc(C)s4)CS[C@@H]23)c2coc(N)n2)cc1OC(C)=O. The van der Waals surface area contributed by atoms with Crippen LogP contribution < -0.4 is 20.5 Å². The first-order valence-electron chi connectivity index (χ1n) is 13.5. The van der Waals surface area contributed by atoms with Gasteiger partial charge in [0.1, 0.15) is 34.1 Å². The minimum atomic E-state index is -1.30. The lowest BCUT2D eigenvalue weighted by Crippen LogP contribution is -2.71. The lowest BCUT2D eigenvalue weighted by Gasteiger charge is -2.49. The molecule has 1 fully saturated rings. The molecule has 2 aliphatic rings. The van der Waals surface area contributed by atoms with Gasteiger partial charge in [-0.05, 0) is 30.7 Å². The molecule has 18 nitrogen and oxygen atoms in total. The van der Waals surface area contributed by atoms with Gasteiger partial charge in [0, 0.05) is 25.4 Å². The number of benzene rings is 1. The van der Waals surface area contributed by atoms with Crippen molar-refractivity contribution >= 4 is 82.3 Å². The number of carboxylic acids is 1. The lowest BCUT2D eigenvalue weighted by atomic mass is 10.0. The van der Waals surface area contributed by atoms with E-state index in [1.54, 1.807) is 6.92 Å². The van der Waals surface area contributed by atoms with Gasteiger partial charge in [-0.25, -0.2) is 9.59 Å². The van der Waals surface area contributed by atoms with E-state index in [-0.39, 0.29) is 46.0 Å². The number of ether oxygens (including phenoxy) is 2. The Hall–Kier alpha value is -5.28. The maximum atomic E-state index is 13.4. The highest BCUT2D eigenvalue weighted by molar-refractivity contribution is 8.01. The number of fused-ring (bicyclic) bond motifs is 1. The zero-order chi connectivity index (χ0) is 34.7. The number of thioether (sulfide) groups is 2. The van der Waals surface area contributed by atoms with Crippen molar-refractivity contribution in [2.45, 2.75) is 36.5 Å². The summed E-state index contributed by atoms with van der Waals surface area (Å²) < 4.78 is 15.6. The van der Waals surface area contributed by atoms with E-state index in [0.29, 0.717) is 9.91 Å². The number of oxime groups is 1. The molecule has 0 radical (unpaired) electrons. The topological polar surface area (TPSA) is 256 Å². The highest BCUT2D eigenvalue weighted by Gasteiger charge is 2.54. The molecule has 2 aliphatic heterocycles. The Bertz CT molecular complexity index is 1900. The number of aryl methyl sites for hydroxylation is 1. The smallest absolute Gasteiger partial charge is 0.365 e. The normalized spacial score (nSPS) is 17.3. The van der Waals surface area contributed by atoms with Crippen LogP contribution >= 0.6 is 34.9 Å².